The van der Waals surface area contributed by atoms with Crippen molar-refractivity contribution in [2.75, 3.05) is 18.1 Å². The van der Waals surface area contributed by atoms with Crippen molar-refractivity contribution in [1.29, 1.82) is 0 Å². The van der Waals surface area contributed by atoms with Crippen LogP contribution in [0.25, 0.3) is 0 Å². The average Bonchev–Trinajstić information content (AvgIpc) is 2.32. The fourth-order valence-corrected chi connectivity index (χ4v) is 1.97. The Bertz CT molecular complexity index is 339. The van der Waals surface area contributed by atoms with Crippen molar-refractivity contribution in [3.63, 3.8) is 0 Å². The number of rotatable bonds is 2. The molecule has 2 N–H and O–H groups in total. The van der Waals surface area contributed by atoms with Gasteiger partial charge in [0.05, 0.1) is 30.3 Å². The van der Waals surface area contributed by atoms with E-state index < -0.39 is 0 Å². The summed E-state index contributed by atoms with van der Waals surface area (Å²) in [6.45, 7) is 6.46. The van der Waals surface area contributed by atoms with E-state index in [1.165, 1.54) is 0 Å². The Morgan fingerprint density at radius 2 is 2.31 bits per heavy atom. The minimum Gasteiger partial charge on any atom is -0.375 e. The van der Waals surface area contributed by atoms with Crippen molar-refractivity contribution in [3.8, 4) is 0 Å². The molecule has 0 radical (unpaired) electrons. The lowest BCUT2D eigenvalue weighted by atomic mass is 10.2. The molecule has 4 nitrogen and oxygen atoms in total. The number of anilines is 1. The highest BCUT2D eigenvalue weighted by molar-refractivity contribution is 5.46. The average molecular weight is 221 g/mol. The van der Waals surface area contributed by atoms with Gasteiger partial charge in [-0.1, -0.05) is 0 Å². The Morgan fingerprint density at radius 1 is 1.50 bits per heavy atom. The fourth-order valence-electron chi connectivity index (χ4n) is 1.97. The second-order valence-corrected chi connectivity index (χ2v) is 4.36. The van der Waals surface area contributed by atoms with E-state index in [2.05, 4.69) is 29.8 Å². The standard InChI is InChI=1S/C12H19N3O/c1-9-8-16-10(2)7-15(9)12-4-3-11(5-13)14-6-12/h3-4,6,9-10H,5,7-8,13H2,1-2H3. The Kier molecular flexibility index (Phi) is 3.41. The van der Waals surface area contributed by atoms with Crippen LogP contribution in [0.1, 0.15) is 19.5 Å². The summed E-state index contributed by atoms with van der Waals surface area (Å²) < 4.78 is 5.60. The lowest BCUT2D eigenvalue weighted by Gasteiger charge is -2.38. The van der Waals surface area contributed by atoms with Crippen LogP contribution in [-0.2, 0) is 11.3 Å². The van der Waals surface area contributed by atoms with E-state index >= 15 is 0 Å². The quantitative estimate of drug-likeness (QED) is 0.814. The van der Waals surface area contributed by atoms with E-state index in [-0.39, 0.29) is 6.10 Å². The molecule has 0 saturated carbocycles. The van der Waals surface area contributed by atoms with Crippen LogP contribution in [0, 0.1) is 0 Å². The van der Waals surface area contributed by atoms with E-state index in [4.69, 9.17) is 10.5 Å². The highest BCUT2D eigenvalue weighted by Gasteiger charge is 2.23. The SMILES string of the molecule is CC1CN(c2ccc(CN)nc2)C(C)CO1. The molecule has 2 unspecified atom stereocenters. The maximum Gasteiger partial charge on any atom is 0.0723 e. The molecule has 0 aliphatic carbocycles. The predicted octanol–water partition coefficient (Wildman–Crippen LogP) is 1.15. The van der Waals surface area contributed by atoms with Crippen molar-refractivity contribution in [3.05, 3.63) is 24.0 Å². The van der Waals surface area contributed by atoms with Crippen LogP contribution in [0.3, 0.4) is 0 Å². The third kappa shape index (κ3) is 2.33. The lowest BCUT2D eigenvalue weighted by molar-refractivity contribution is 0.0343. The van der Waals surface area contributed by atoms with Gasteiger partial charge in [-0.25, -0.2) is 0 Å². The maximum atomic E-state index is 5.60. The first-order valence-electron chi connectivity index (χ1n) is 5.74. The smallest absolute Gasteiger partial charge is 0.0723 e. The summed E-state index contributed by atoms with van der Waals surface area (Å²) in [6, 6.07) is 4.48. The molecular formula is C12H19N3O. The number of ether oxygens (including phenoxy) is 1. The van der Waals surface area contributed by atoms with Crippen molar-refractivity contribution in [2.24, 2.45) is 5.73 Å². The van der Waals surface area contributed by atoms with Gasteiger partial charge in [-0.2, -0.15) is 0 Å². The molecule has 0 amide bonds. The van der Waals surface area contributed by atoms with Gasteiger partial charge < -0.3 is 15.4 Å². The largest absolute Gasteiger partial charge is 0.375 e. The molecule has 16 heavy (non-hydrogen) atoms. The molecule has 2 heterocycles. The minimum atomic E-state index is 0.283. The number of nitrogens with two attached hydrogens (primary N) is 1. The van der Waals surface area contributed by atoms with E-state index in [1.807, 2.05) is 12.3 Å². The summed E-state index contributed by atoms with van der Waals surface area (Å²) in [5.41, 5.74) is 7.61. The summed E-state index contributed by atoms with van der Waals surface area (Å²) >= 11 is 0. The van der Waals surface area contributed by atoms with Crippen molar-refractivity contribution in [2.45, 2.75) is 32.5 Å². The molecule has 1 aromatic heterocycles. The van der Waals surface area contributed by atoms with Crippen LogP contribution < -0.4 is 10.6 Å². The lowest BCUT2D eigenvalue weighted by Crippen LogP contribution is -2.47. The Balaban J connectivity index is 2.15. The molecule has 4 heteroatoms. The number of pyridine rings is 1. The maximum absolute atomic E-state index is 5.60. The van der Waals surface area contributed by atoms with Crippen LogP contribution >= 0.6 is 0 Å². The monoisotopic (exact) mass is 221 g/mol. The van der Waals surface area contributed by atoms with Crippen LogP contribution in [-0.4, -0.2) is 30.3 Å². The van der Waals surface area contributed by atoms with E-state index in [9.17, 15) is 0 Å². The van der Waals surface area contributed by atoms with Gasteiger partial charge in [0, 0.05) is 19.1 Å². The summed E-state index contributed by atoms with van der Waals surface area (Å²) in [4.78, 5) is 6.66. The van der Waals surface area contributed by atoms with Crippen LogP contribution in [0.5, 0.6) is 0 Å². The molecular weight excluding hydrogens is 202 g/mol. The zero-order valence-corrected chi connectivity index (χ0v) is 9.89. The predicted molar refractivity (Wildman–Crippen MR) is 64.4 cm³/mol. The zero-order valence-electron chi connectivity index (χ0n) is 9.89. The van der Waals surface area contributed by atoms with Crippen LogP contribution in [0.15, 0.2) is 18.3 Å². The van der Waals surface area contributed by atoms with Gasteiger partial charge in [-0.15, -0.1) is 0 Å². The van der Waals surface area contributed by atoms with E-state index in [0.717, 1.165) is 24.5 Å². The Hall–Kier alpha value is -1.13. The topological polar surface area (TPSA) is 51.4 Å². The molecule has 1 aromatic rings. The minimum absolute atomic E-state index is 0.283. The van der Waals surface area contributed by atoms with Gasteiger partial charge in [-0.3, -0.25) is 4.98 Å². The molecule has 0 aromatic carbocycles. The molecule has 2 atom stereocenters. The number of nitrogens with zero attached hydrogens (tertiary/aromatic N) is 2. The third-order valence-electron chi connectivity index (χ3n) is 2.96. The van der Waals surface area contributed by atoms with E-state index in [1.54, 1.807) is 0 Å². The molecule has 0 bridgehead atoms. The third-order valence-corrected chi connectivity index (χ3v) is 2.96. The summed E-state index contributed by atoms with van der Waals surface area (Å²) in [7, 11) is 0. The fraction of sp³-hybridized carbons (Fsp3) is 0.583. The number of hydrogen-bond donors (Lipinski definition) is 1. The molecule has 88 valence electrons. The first kappa shape index (κ1) is 11.4. The van der Waals surface area contributed by atoms with Gasteiger partial charge in [-0.05, 0) is 26.0 Å². The van der Waals surface area contributed by atoms with Gasteiger partial charge in [0.1, 0.15) is 0 Å². The summed E-state index contributed by atoms with van der Waals surface area (Å²) in [5, 5.41) is 0. The van der Waals surface area contributed by atoms with Crippen LogP contribution in [0.4, 0.5) is 5.69 Å². The molecule has 1 aliphatic heterocycles. The summed E-state index contributed by atoms with van der Waals surface area (Å²) in [6.07, 6.45) is 2.18. The normalized spacial score (nSPS) is 25.8. The molecule has 1 saturated heterocycles. The molecule has 0 spiro atoms. The Labute approximate surface area is 96.4 Å². The molecule has 1 aliphatic rings. The number of morpholine rings is 1. The van der Waals surface area contributed by atoms with E-state index in [0.29, 0.717) is 12.6 Å². The van der Waals surface area contributed by atoms with Gasteiger partial charge in [0.25, 0.3) is 0 Å². The van der Waals surface area contributed by atoms with Crippen LogP contribution in [0.2, 0.25) is 0 Å². The number of aromatic nitrogens is 1. The number of hydrogen-bond acceptors (Lipinski definition) is 4. The van der Waals surface area contributed by atoms with Gasteiger partial charge >= 0.3 is 0 Å². The second kappa shape index (κ2) is 4.80. The van der Waals surface area contributed by atoms with Gasteiger partial charge in [0.15, 0.2) is 0 Å². The first-order valence-corrected chi connectivity index (χ1v) is 5.74. The summed E-state index contributed by atoms with van der Waals surface area (Å²) in [5.74, 6) is 0. The van der Waals surface area contributed by atoms with Gasteiger partial charge in [0.2, 0.25) is 0 Å². The van der Waals surface area contributed by atoms with Crippen molar-refractivity contribution >= 4 is 5.69 Å². The molecule has 1 fully saturated rings. The Morgan fingerprint density at radius 3 is 2.94 bits per heavy atom. The highest BCUT2D eigenvalue weighted by atomic mass is 16.5. The highest BCUT2D eigenvalue weighted by Crippen LogP contribution is 2.20. The van der Waals surface area contributed by atoms with Crippen molar-refractivity contribution < 1.29 is 4.74 Å². The second-order valence-electron chi connectivity index (χ2n) is 4.36. The zero-order chi connectivity index (χ0) is 11.5. The molecule has 2 rings (SSSR count). The first-order chi connectivity index (χ1) is 7.70. The van der Waals surface area contributed by atoms with Crippen molar-refractivity contribution in [1.82, 2.24) is 4.98 Å².